The Hall–Kier alpha value is -1.59. The lowest BCUT2D eigenvalue weighted by atomic mass is 9.94. The van der Waals surface area contributed by atoms with Crippen LogP contribution in [0.3, 0.4) is 0 Å². The largest absolute Gasteiger partial charge is 0.508 e. The summed E-state index contributed by atoms with van der Waals surface area (Å²) in [5.41, 5.74) is 2.23. The number of benzene rings is 1. The van der Waals surface area contributed by atoms with Gasteiger partial charge < -0.3 is 20.6 Å². The number of piperidine rings is 1. The third-order valence-electron chi connectivity index (χ3n) is 5.93. The van der Waals surface area contributed by atoms with Gasteiger partial charge in [-0.15, -0.1) is 0 Å². The van der Waals surface area contributed by atoms with Crippen molar-refractivity contribution in [3.63, 3.8) is 0 Å². The zero-order valence-corrected chi connectivity index (χ0v) is 16.3. The number of nitrogens with one attached hydrogen (secondary N) is 2. The van der Waals surface area contributed by atoms with Gasteiger partial charge in [-0.1, -0.05) is 26.8 Å². The predicted molar refractivity (Wildman–Crippen MR) is 104 cm³/mol. The van der Waals surface area contributed by atoms with Gasteiger partial charge in [-0.3, -0.25) is 4.79 Å². The molecule has 26 heavy (non-hydrogen) atoms. The van der Waals surface area contributed by atoms with E-state index in [1.807, 2.05) is 6.07 Å². The molecule has 0 radical (unpaired) electrons. The van der Waals surface area contributed by atoms with E-state index in [9.17, 15) is 9.90 Å². The lowest BCUT2D eigenvalue weighted by Crippen LogP contribution is -2.54. The summed E-state index contributed by atoms with van der Waals surface area (Å²) < 4.78 is 0. The van der Waals surface area contributed by atoms with Crippen molar-refractivity contribution in [1.82, 2.24) is 15.5 Å². The Labute approximate surface area is 157 Å². The molecule has 0 spiro atoms. The van der Waals surface area contributed by atoms with E-state index >= 15 is 0 Å². The van der Waals surface area contributed by atoms with Gasteiger partial charge in [-0.25, -0.2) is 0 Å². The van der Waals surface area contributed by atoms with E-state index in [2.05, 4.69) is 36.3 Å². The second kappa shape index (κ2) is 8.40. The van der Waals surface area contributed by atoms with Crippen LogP contribution >= 0.6 is 0 Å². The van der Waals surface area contributed by atoms with Crippen molar-refractivity contribution in [1.29, 1.82) is 0 Å². The van der Waals surface area contributed by atoms with Crippen LogP contribution in [0.25, 0.3) is 0 Å². The number of phenols is 1. The number of carbonyl (C=O) groups excluding carboxylic acids is 1. The van der Waals surface area contributed by atoms with E-state index in [1.165, 1.54) is 12.8 Å². The maximum atomic E-state index is 12.8. The van der Waals surface area contributed by atoms with Crippen molar-refractivity contribution in [2.24, 2.45) is 11.8 Å². The zero-order chi connectivity index (χ0) is 18.7. The van der Waals surface area contributed by atoms with E-state index in [1.54, 1.807) is 12.1 Å². The number of likely N-dealkylation sites (tertiary alicyclic amines) is 1. The zero-order valence-electron chi connectivity index (χ0n) is 16.3. The monoisotopic (exact) mass is 359 g/mol. The van der Waals surface area contributed by atoms with Crippen molar-refractivity contribution in [2.45, 2.75) is 58.7 Å². The third-order valence-corrected chi connectivity index (χ3v) is 5.93. The second-order valence-corrected chi connectivity index (χ2v) is 8.43. The molecular weight excluding hydrogens is 326 g/mol. The summed E-state index contributed by atoms with van der Waals surface area (Å²) in [6.07, 6.45) is 3.19. The molecule has 144 valence electrons. The van der Waals surface area contributed by atoms with Crippen molar-refractivity contribution in [3.8, 4) is 5.75 Å². The molecule has 1 aromatic rings. The van der Waals surface area contributed by atoms with Gasteiger partial charge in [-0.2, -0.15) is 0 Å². The molecule has 0 aliphatic carbocycles. The lowest BCUT2D eigenvalue weighted by molar-refractivity contribution is -0.124. The van der Waals surface area contributed by atoms with E-state index < -0.39 is 0 Å². The Morgan fingerprint density at radius 3 is 2.73 bits per heavy atom. The highest BCUT2D eigenvalue weighted by Crippen LogP contribution is 2.22. The summed E-state index contributed by atoms with van der Waals surface area (Å²) in [7, 11) is 0. The van der Waals surface area contributed by atoms with Crippen molar-refractivity contribution in [2.75, 3.05) is 19.6 Å². The smallest absolute Gasteiger partial charge is 0.237 e. The molecule has 3 N–H and O–H groups in total. The number of carbonyl (C=O) groups is 1. The predicted octanol–water partition coefficient (Wildman–Crippen LogP) is 2.28. The summed E-state index contributed by atoms with van der Waals surface area (Å²) in [5, 5.41) is 16.2. The summed E-state index contributed by atoms with van der Waals surface area (Å²) >= 11 is 0. The summed E-state index contributed by atoms with van der Waals surface area (Å²) in [4.78, 5) is 15.3. The first-order chi connectivity index (χ1) is 12.4. The van der Waals surface area contributed by atoms with Crippen LogP contribution in [-0.2, 0) is 17.8 Å². The first-order valence-corrected chi connectivity index (χ1v) is 9.99. The third kappa shape index (κ3) is 4.77. The highest BCUT2D eigenvalue weighted by molar-refractivity contribution is 5.82. The molecule has 1 aromatic carbocycles. The normalized spacial score (nSPS) is 22.8. The van der Waals surface area contributed by atoms with Crippen LogP contribution in [0.15, 0.2) is 18.2 Å². The summed E-state index contributed by atoms with van der Waals surface area (Å²) in [6.45, 7) is 10.5. The molecule has 2 aliphatic rings. The maximum absolute atomic E-state index is 12.8. The fraction of sp³-hybridized carbons (Fsp3) is 0.667. The first-order valence-electron chi connectivity index (χ1n) is 9.99. The first kappa shape index (κ1) is 19.2. The van der Waals surface area contributed by atoms with Crippen LogP contribution in [0, 0.1) is 11.8 Å². The molecule has 1 unspecified atom stereocenters. The molecule has 1 fully saturated rings. The fourth-order valence-electron chi connectivity index (χ4n) is 3.92. The van der Waals surface area contributed by atoms with Crippen LogP contribution in [0.2, 0.25) is 0 Å². The molecule has 1 saturated heterocycles. The molecule has 2 atom stereocenters. The summed E-state index contributed by atoms with van der Waals surface area (Å²) in [6, 6.07) is 5.40. The van der Waals surface area contributed by atoms with Crippen LogP contribution in [0.1, 0.15) is 44.7 Å². The average molecular weight is 360 g/mol. The number of rotatable bonds is 5. The van der Waals surface area contributed by atoms with Gasteiger partial charge in [-0.05, 0) is 67.4 Å². The minimum absolute atomic E-state index is 0.0906. The minimum atomic E-state index is -0.199. The number of hydrogen-bond acceptors (Lipinski definition) is 4. The van der Waals surface area contributed by atoms with Crippen molar-refractivity contribution < 1.29 is 9.90 Å². The highest BCUT2D eigenvalue weighted by Gasteiger charge is 2.28. The number of phenolic OH excluding ortho intramolecular Hbond substituents is 1. The molecular formula is C21H33N3O2. The van der Waals surface area contributed by atoms with Gasteiger partial charge in [0.15, 0.2) is 0 Å². The van der Waals surface area contributed by atoms with E-state index in [-0.39, 0.29) is 23.7 Å². The Kier molecular flexibility index (Phi) is 6.20. The molecule has 3 rings (SSSR count). The number of amides is 1. The van der Waals surface area contributed by atoms with Gasteiger partial charge in [0.25, 0.3) is 0 Å². The van der Waals surface area contributed by atoms with Gasteiger partial charge in [0.05, 0.1) is 6.04 Å². The molecule has 1 amide bonds. The molecule has 0 bridgehead atoms. The van der Waals surface area contributed by atoms with Crippen LogP contribution in [0.5, 0.6) is 5.75 Å². The van der Waals surface area contributed by atoms with Gasteiger partial charge in [0, 0.05) is 19.1 Å². The minimum Gasteiger partial charge on any atom is -0.508 e. The van der Waals surface area contributed by atoms with Gasteiger partial charge >= 0.3 is 0 Å². The molecule has 5 nitrogen and oxygen atoms in total. The highest BCUT2D eigenvalue weighted by atomic mass is 16.3. The van der Waals surface area contributed by atoms with E-state index in [0.29, 0.717) is 18.9 Å². The Bertz CT molecular complexity index is 624. The maximum Gasteiger partial charge on any atom is 0.237 e. The fourth-order valence-corrected chi connectivity index (χ4v) is 3.92. The quantitative estimate of drug-likeness (QED) is 0.755. The van der Waals surface area contributed by atoms with Gasteiger partial charge in [0.2, 0.25) is 5.91 Å². The molecule has 2 heterocycles. The standard InChI is InChI=1S/C21H33N3O2/c1-14(2)20(13-24-8-6-15(3)7-9-24)23-21(26)19-11-16-4-5-18(25)10-17(16)12-22-19/h4-5,10,14-15,19-20,22,25H,6-9,11-13H2,1-3H3,(H,23,26)/t19-,20?/m0/s1. The SMILES string of the molecule is CC1CCN(CC(NC(=O)[C@@H]2Cc3ccc(O)cc3CN2)C(C)C)CC1. The van der Waals surface area contributed by atoms with Crippen LogP contribution in [-0.4, -0.2) is 47.6 Å². The Balaban J connectivity index is 1.57. The van der Waals surface area contributed by atoms with Crippen molar-refractivity contribution in [3.05, 3.63) is 29.3 Å². The molecule has 2 aliphatic heterocycles. The van der Waals surface area contributed by atoms with Crippen LogP contribution < -0.4 is 10.6 Å². The Morgan fingerprint density at radius 2 is 2.04 bits per heavy atom. The van der Waals surface area contributed by atoms with Crippen molar-refractivity contribution >= 4 is 5.91 Å². The second-order valence-electron chi connectivity index (χ2n) is 8.43. The van der Waals surface area contributed by atoms with E-state index in [4.69, 9.17) is 0 Å². The van der Waals surface area contributed by atoms with Gasteiger partial charge in [0.1, 0.15) is 5.75 Å². The molecule has 5 heteroatoms. The Morgan fingerprint density at radius 1 is 1.31 bits per heavy atom. The molecule has 0 saturated carbocycles. The number of aromatic hydroxyl groups is 1. The van der Waals surface area contributed by atoms with E-state index in [0.717, 1.165) is 36.7 Å². The topological polar surface area (TPSA) is 64.6 Å². The lowest BCUT2D eigenvalue weighted by Gasteiger charge is -2.35. The van der Waals surface area contributed by atoms with Crippen LogP contribution in [0.4, 0.5) is 0 Å². The average Bonchev–Trinajstić information content (AvgIpc) is 2.62. The molecule has 0 aromatic heterocycles. The number of hydrogen-bond donors (Lipinski definition) is 3. The summed E-state index contributed by atoms with van der Waals surface area (Å²) in [5.74, 6) is 1.60. The number of fused-ring (bicyclic) bond motifs is 1. The number of nitrogens with zero attached hydrogens (tertiary/aromatic N) is 1.